The summed E-state index contributed by atoms with van der Waals surface area (Å²) in [6, 6.07) is 0. The van der Waals surface area contributed by atoms with Crippen LogP contribution in [0.3, 0.4) is 0 Å². The zero-order valence-corrected chi connectivity index (χ0v) is 9.26. The number of anilines is 1. The standard InChI is InChI=1S/C10H12FN3O3/c1-17-4-7-8(11)9(13-5-12-7)14-2-6(3-14)10(15)16/h5-6H,2-4H2,1H3,(H,15,16). The summed E-state index contributed by atoms with van der Waals surface area (Å²) in [7, 11) is 1.45. The summed E-state index contributed by atoms with van der Waals surface area (Å²) in [5, 5.41) is 8.73. The molecular formula is C10H12FN3O3. The van der Waals surface area contributed by atoms with Gasteiger partial charge in [-0.1, -0.05) is 0 Å². The minimum atomic E-state index is -0.868. The molecule has 0 aromatic carbocycles. The quantitative estimate of drug-likeness (QED) is 0.816. The Hall–Kier alpha value is -1.76. The van der Waals surface area contributed by atoms with Crippen LogP contribution in [0.25, 0.3) is 0 Å². The number of aliphatic carboxylic acids is 1. The monoisotopic (exact) mass is 241 g/mol. The van der Waals surface area contributed by atoms with Gasteiger partial charge in [-0.2, -0.15) is 0 Å². The molecule has 1 saturated heterocycles. The molecule has 1 aliphatic heterocycles. The number of carboxylic acid groups (broad SMARTS) is 1. The minimum Gasteiger partial charge on any atom is -0.481 e. The van der Waals surface area contributed by atoms with Gasteiger partial charge in [0.25, 0.3) is 0 Å². The van der Waals surface area contributed by atoms with Gasteiger partial charge in [-0.15, -0.1) is 0 Å². The van der Waals surface area contributed by atoms with E-state index < -0.39 is 17.7 Å². The number of hydrogen-bond acceptors (Lipinski definition) is 5. The van der Waals surface area contributed by atoms with Gasteiger partial charge in [0, 0.05) is 20.2 Å². The second-order valence-electron chi connectivity index (χ2n) is 3.83. The van der Waals surface area contributed by atoms with Crippen molar-refractivity contribution in [3.05, 3.63) is 17.8 Å². The Kier molecular flexibility index (Phi) is 3.19. The van der Waals surface area contributed by atoms with Gasteiger partial charge in [-0.05, 0) is 0 Å². The molecule has 2 heterocycles. The van der Waals surface area contributed by atoms with Crippen molar-refractivity contribution >= 4 is 11.8 Å². The largest absolute Gasteiger partial charge is 0.481 e. The van der Waals surface area contributed by atoms with Gasteiger partial charge in [0.1, 0.15) is 12.0 Å². The lowest BCUT2D eigenvalue weighted by Crippen LogP contribution is -2.51. The number of methoxy groups -OCH3 is 1. The van der Waals surface area contributed by atoms with E-state index in [1.807, 2.05) is 0 Å². The van der Waals surface area contributed by atoms with Crippen molar-refractivity contribution in [3.63, 3.8) is 0 Å². The second kappa shape index (κ2) is 4.62. The van der Waals surface area contributed by atoms with Gasteiger partial charge in [-0.3, -0.25) is 4.79 Å². The van der Waals surface area contributed by atoms with E-state index in [9.17, 15) is 9.18 Å². The summed E-state index contributed by atoms with van der Waals surface area (Å²) in [5.41, 5.74) is 0.177. The Balaban J connectivity index is 2.12. The maximum absolute atomic E-state index is 13.9. The molecule has 0 spiro atoms. The number of carboxylic acids is 1. The van der Waals surface area contributed by atoms with Crippen LogP contribution in [-0.2, 0) is 16.1 Å². The molecule has 2 rings (SSSR count). The topological polar surface area (TPSA) is 75.6 Å². The zero-order valence-electron chi connectivity index (χ0n) is 9.26. The molecule has 7 heteroatoms. The predicted molar refractivity (Wildman–Crippen MR) is 56.0 cm³/mol. The maximum atomic E-state index is 13.9. The normalized spacial score (nSPS) is 15.8. The maximum Gasteiger partial charge on any atom is 0.310 e. The molecule has 0 unspecified atom stereocenters. The molecule has 0 bridgehead atoms. The van der Waals surface area contributed by atoms with Crippen LogP contribution in [0.15, 0.2) is 6.33 Å². The van der Waals surface area contributed by atoms with E-state index >= 15 is 0 Å². The molecular weight excluding hydrogens is 229 g/mol. The van der Waals surface area contributed by atoms with E-state index in [0.717, 1.165) is 0 Å². The SMILES string of the molecule is COCc1ncnc(N2CC(C(=O)O)C2)c1F. The van der Waals surface area contributed by atoms with Crippen molar-refractivity contribution in [1.29, 1.82) is 0 Å². The van der Waals surface area contributed by atoms with E-state index in [-0.39, 0.29) is 31.2 Å². The number of nitrogens with zero attached hydrogens (tertiary/aromatic N) is 3. The highest BCUT2D eigenvalue weighted by atomic mass is 19.1. The fraction of sp³-hybridized carbons (Fsp3) is 0.500. The lowest BCUT2D eigenvalue weighted by atomic mass is 10.0. The number of aromatic nitrogens is 2. The number of carbonyl (C=O) groups is 1. The Bertz CT molecular complexity index is 435. The second-order valence-corrected chi connectivity index (χ2v) is 3.83. The van der Waals surface area contributed by atoms with Gasteiger partial charge >= 0.3 is 5.97 Å². The first kappa shape index (κ1) is 11.7. The molecule has 1 N–H and O–H groups in total. The summed E-state index contributed by atoms with van der Waals surface area (Å²) in [6.45, 7) is 0.614. The third kappa shape index (κ3) is 2.19. The van der Waals surface area contributed by atoms with Crippen molar-refractivity contribution in [2.75, 3.05) is 25.1 Å². The first-order chi connectivity index (χ1) is 8.13. The summed E-state index contributed by atoms with van der Waals surface area (Å²) in [4.78, 5) is 19.8. The van der Waals surface area contributed by atoms with Crippen LogP contribution < -0.4 is 4.90 Å². The first-order valence-corrected chi connectivity index (χ1v) is 5.09. The van der Waals surface area contributed by atoms with Crippen molar-refractivity contribution < 1.29 is 19.0 Å². The van der Waals surface area contributed by atoms with Crippen molar-refractivity contribution in [3.8, 4) is 0 Å². The lowest BCUT2D eigenvalue weighted by Gasteiger charge is -2.37. The summed E-state index contributed by atoms with van der Waals surface area (Å²) >= 11 is 0. The highest BCUT2D eigenvalue weighted by molar-refractivity contribution is 5.74. The van der Waals surface area contributed by atoms with E-state index in [0.29, 0.717) is 0 Å². The summed E-state index contributed by atoms with van der Waals surface area (Å²) < 4.78 is 18.7. The summed E-state index contributed by atoms with van der Waals surface area (Å²) in [6.07, 6.45) is 1.25. The highest BCUT2D eigenvalue weighted by Gasteiger charge is 2.35. The fourth-order valence-corrected chi connectivity index (χ4v) is 1.66. The lowest BCUT2D eigenvalue weighted by molar-refractivity contribution is -0.142. The molecule has 1 aliphatic rings. The average Bonchev–Trinajstić information content (AvgIpc) is 2.21. The van der Waals surface area contributed by atoms with Gasteiger partial charge in [0.05, 0.1) is 12.5 Å². The van der Waals surface area contributed by atoms with Crippen molar-refractivity contribution in [1.82, 2.24) is 9.97 Å². The van der Waals surface area contributed by atoms with E-state index in [1.165, 1.54) is 13.4 Å². The van der Waals surface area contributed by atoms with E-state index in [2.05, 4.69) is 9.97 Å². The molecule has 1 aromatic rings. The molecule has 1 fully saturated rings. The molecule has 6 nitrogen and oxygen atoms in total. The molecule has 0 saturated carbocycles. The van der Waals surface area contributed by atoms with E-state index in [4.69, 9.17) is 9.84 Å². The minimum absolute atomic E-state index is 0.0670. The van der Waals surface area contributed by atoms with Gasteiger partial charge in [-0.25, -0.2) is 14.4 Å². The molecule has 0 radical (unpaired) electrons. The van der Waals surface area contributed by atoms with Gasteiger partial charge in [0.2, 0.25) is 0 Å². The summed E-state index contributed by atoms with van der Waals surface area (Å²) in [5.74, 6) is -1.72. The van der Waals surface area contributed by atoms with Crippen molar-refractivity contribution in [2.45, 2.75) is 6.61 Å². The van der Waals surface area contributed by atoms with Crippen LogP contribution >= 0.6 is 0 Å². The fourth-order valence-electron chi connectivity index (χ4n) is 1.66. The van der Waals surface area contributed by atoms with Crippen LogP contribution in [0.5, 0.6) is 0 Å². The number of ether oxygens (including phenoxy) is 1. The smallest absolute Gasteiger partial charge is 0.310 e. The first-order valence-electron chi connectivity index (χ1n) is 5.09. The van der Waals surface area contributed by atoms with Crippen LogP contribution in [0, 0.1) is 11.7 Å². The van der Waals surface area contributed by atoms with Crippen LogP contribution in [0.2, 0.25) is 0 Å². The Morgan fingerprint density at radius 3 is 2.94 bits per heavy atom. The number of halogens is 1. The third-order valence-electron chi connectivity index (χ3n) is 2.65. The van der Waals surface area contributed by atoms with Crippen molar-refractivity contribution in [2.24, 2.45) is 5.92 Å². The van der Waals surface area contributed by atoms with Crippen LogP contribution in [-0.4, -0.2) is 41.2 Å². The molecule has 17 heavy (non-hydrogen) atoms. The predicted octanol–water partition coefficient (Wildman–Crippen LogP) is 0.283. The number of hydrogen-bond donors (Lipinski definition) is 1. The third-order valence-corrected chi connectivity index (χ3v) is 2.65. The van der Waals surface area contributed by atoms with Crippen LogP contribution in [0.1, 0.15) is 5.69 Å². The molecule has 1 aromatic heterocycles. The molecule has 0 amide bonds. The average molecular weight is 241 g/mol. The van der Waals surface area contributed by atoms with E-state index in [1.54, 1.807) is 4.90 Å². The van der Waals surface area contributed by atoms with Gasteiger partial charge < -0.3 is 14.7 Å². The molecule has 0 atom stereocenters. The molecule has 0 aliphatic carbocycles. The Morgan fingerprint density at radius 2 is 2.35 bits per heavy atom. The zero-order chi connectivity index (χ0) is 12.4. The molecule has 92 valence electrons. The van der Waals surface area contributed by atoms with Crippen LogP contribution in [0.4, 0.5) is 10.2 Å². The highest BCUT2D eigenvalue weighted by Crippen LogP contribution is 2.26. The Morgan fingerprint density at radius 1 is 1.65 bits per heavy atom. The number of rotatable bonds is 4. The van der Waals surface area contributed by atoms with Gasteiger partial charge in [0.15, 0.2) is 11.6 Å². The Labute approximate surface area is 97.0 Å².